The van der Waals surface area contributed by atoms with Gasteiger partial charge in [-0.3, -0.25) is 0 Å². The van der Waals surface area contributed by atoms with E-state index in [1.54, 1.807) is 0 Å². The van der Waals surface area contributed by atoms with Gasteiger partial charge in [-0.05, 0) is 25.2 Å². The van der Waals surface area contributed by atoms with Crippen LogP contribution in [0.25, 0.3) is 0 Å². The molecule has 0 heterocycles. The largest absolute Gasteiger partial charge is 0.396 e. The fourth-order valence-corrected chi connectivity index (χ4v) is 2.79. The minimum Gasteiger partial charge on any atom is -0.396 e. The van der Waals surface area contributed by atoms with Gasteiger partial charge < -0.3 is 10.2 Å². The summed E-state index contributed by atoms with van der Waals surface area (Å²) in [6, 6.07) is 0. The molecule has 0 unspecified atom stereocenters. The highest BCUT2D eigenvalue weighted by Gasteiger charge is 2.08. The Morgan fingerprint density at radius 2 is 1.20 bits per heavy atom. The molecule has 0 bridgehead atoms. The van der Waals surface area contributed by atoms with Crippen molar-refractivity contribution in [2.24, 2.45) is 5.92 Å². The smallest absolute Gasteiger partial charge is 0.0459 e. The third-order valence-corrected chi connectivity index (χ3v) is 4.24. The Kier molecular flexibility index (Phi) is 16.9. The first-order valence-corrected chi connectivity index (χ1v) is 9.06. The maximum atomic E-state index is 8.91. The molecule has 20 heavy (non-hydrogen) atoms. The lowest BCUT2D eigenvalue weighted by atomic mass is 9.92. The molecule has 122 valence electrons. The van der Waals surface area contributed by atoms with Gasteiger partial charge in [0.25, 0.3) is 0 Å². The first-order valence-electron chi connectivity index (χ1n) is 9.06. The van der Waals surface area contributed by atoms with Gasteiger partial charge in [-0.25, -0.2) is 0 Å². The number of rotatable bonds is 8. The van der Waals surface area contributed by atoms with E-state index in [1.807, 2.05) is 0 Å². The van der Waals surface area contributed by atoms with Crippen LogP contribution in [-0.2, 0) is 0 Å². The van der Waals surface area contributed by atoms with Gasteiger partial charge in [0.05, 0.1) is 0 Å². The second-order valence-corrected chi connectivity index (χ2v) is 6.24. The van der Waals surface area contributed by atoms with Gasteiger partial charge in [0.1, 0.15) is 0 Å². The maximum Gasteiger partial charge on any atom is 0.0459 e. The van der Waals surface area contributed by atoms with E-state index >= 15 is 0 Å². The lowest BCUT2D eigenvalue weighted by molar-refractivity contribution is 0.199. The quantitative estimate of drug-likeness (QED) is 0.612. The van der Waals surface area contributed by atoms with Crippen molar-refractivity contribution >= 4 is 0 Å². The third kappa shape index (κ3) is 14.3. The summed E-state index contributed by atoms with van der Waals surface area (Å²) in [5.74, 6) is 0.625. The van der Waals surface area contributed by atoms with E-state index in [1.165, 1.54) is 83.5 Å². The normalized spacial score (nSPS) is 16.9. The topological polar surface area (TPSA) is 40.5 Å². The number of unbranched alkanes of at least 4 members (excludes halogenated alkanes) is 6. The molecule has 1 saturated carbocycles. The summed E-state index contributed by atoms with van der Waals surface area (Å²) in [6.45, 7) is 3.02. The average Bonchev–Trinajstić information content (AvgIpc) is 2.43. The Morgan fingerprint density at radius 1 is 0.700 bits per heavy atom. The predicted molar refractivity (Wildman–Crippen MR) is 88.0 cm³/mol. The minimum absolute atomic E-state index is 0.369. The number of hydrogen-bond donors (Lipinski definition) is 2. The molecular formula is C18H38O2. The molecule has 2 heteroatoms. The molecule has 0 atom stereocenters. The first kappa shape index (κ1) is 19.9. The van der Waals surface area contributed by atoms with Gasteiger partial charge in [0.2, 0.25) is 0 Å². The van der Waals surface area contributed by atoms with Crippen molar-refractivity contribution in [3.8, 4) is 0 Å². The zero-order valence-electron chi connectivity index (χ0n) is 13.8. The van der Waals surface area contributed by atoms with Gasteiger partial charge in [0.15, 0.2) is 0 Å². The van der Waals surface area contributed by atoms with Crippen molar-refractivity contribution < 1.29 is 10.2 Å². The van der Waals surface area contributed by atoms with Crippen LogP contribution >= 0.6 is 0 Å². The SMILES string of the molecule is CCCCCCCCCO.OCC1CCCCCCC1. The summed E-state index contributed by atoms with van der Waals surface area (Å²) in [4.78, 5) is 0. The Labute approximate surface area is 127 Å². The Bertz CT molecular complexity index is 155. The van der Waals surface area contributed by atoms with Crippen molar-refractivity contribution in [2.75, 3.05) is 13.2 Å². The molecule has 2 nitrogen and oxygen atoms in total. The maximum absolute atomic E-state index is 8.91. The van der Waals surface area contributed by atoms with Gasteiger partial charge in [-0.15, -0.1) is 0 Å². The van der Waals surface area contributed by atoms with E-state index in [-0.39, 0.29) is 0 Å². The molecule has 0 aromatic carbocycles. The number of aliphatic hydroxyl groups is 2. The molecule has 1 rings (SSSR count). The summed E-state index contributed by atoms with van der Waals surface area (Å²) >= 11 is 0. The molecule has 2 N–H and O–H groups in total. The average molecular weight is 287 g/mol. The summed E-state index contributed by atoms with van der Waals surface area (Å²) in [6.07, 6.45) is 18.3. The van der Waals surface area contributed by atoms with Gasteiger partial charge in [0, 0.05) is 13.2 Å². The van der Waals surface area contributed by atoms with E-state index in [0.29, 0.717) is 19.1 Å². The summed E-state index contributed by atoms with van der Waals surface area (Å²) in [5, 5.41) is 17.4. The lowest BCUT2D eigenvalue weighted by Gasteiger charge is -2.16. The van der Waals surface area contributed by atoms with Crippen molar-refractivity contribution in [3.05, 3.63) is 0 Å². The second-order valence-electron chi connectivity index (χ2n) is 6.24. The Balaban J connectivity index is 0.000000361. The molecule has 0 spiro atoms. The van der Waals surface area contributed by atoms with E-state index in [0.717, 1.165) is 6.42 Å². The molecule has 0 aromatic rings. The predicted octanol–water partition coefficient (Wildman–Crippen LogP) is 5.07. The van der Waals surface area contributed by atoms with Crippen LogP contribution in [-0.4, -0.2) is 23.4 Å². The Hall–Kier alpha value is -0.0800. The van der Waals surface area contributed by atoms with Crippen LogP contribution in [0.5, 0.6) is 0 Å². The highest BCUT2D eigenvalue weighted by molar-refractivity contribution is 4.61. The van der Waals surface area contributed by atoms with Crippen LogP contribution in [0.4, 0.5) is 0 Å². The first-order chi connectivity index (χ1) is 9.85. The molecule has 0 radical (unpaired) electrons. The van der Waals surface area contributed by atoms with Gasteiger partial charge in [-0.1, -0.05) is 77.6 Å². The standard InChI is InChI=1S/C9H18O.C9H20O/c10-8-9-6-4-2-1-3-5-7-9;1-2-3-4-5-6-7-8-9-10/h9-10H,1-8H2;10H,2-9H2,1H3. The van der Waals surface area contributed by atoms with Crippen LogP contribution < -0.4 is 0 Å². The van der Waals surface area contributed by atoms with Crippen molar-refractivity contribution in [3.63, 3.8) is 0 Å². The van der Waals surface area contributed by atoms with Crippen molar-refractivity contribution in [1.29, 1.82) is 0 Å². The van der Waals surface area contributed by atoms with Crippen LogP contribution in [0.15, 0.2) is 0 Å². The molecule has 1 aliphatic carbocycles. The number of hydrogen-bond acceptors (Lipinski definition) is 2. The molecule has 1 aliphatic rings. The van der Waals surface area contributed by atoms with Crippen molar-refractivity contribution in [2.45, 2.75) is 96.8 Å². The molecular weight excluding hydrogens is 248 g/mol. The Morgan fingerprint density at radius 3 is 1.70 bits per heavy atom. The van der Waals surface area contributed by atoms with E-state index in [9.17, 15) is 0 Å². The second kappa shape index (κ2) is 17.0. The fourth-order valence-electron chi connectivity index (χ4n) is 2.79. The number of aliphatic hydroxyl groups excluding tert-OH is 2. The summed E-state index contributed by atoms with van der Waals surface area (Å²) in [5.41, 5.74) is 0. The minimum atomic E-state index is 0.369. The molecule has 0 amide bonds. The molecule has 0 aliphatic heterocycles. The highest BCUT2D eigenvalue weighted by atomic mass is 16.3. The molecule has 1 fully saturated rings. The van der Waals surface area contributed by atoms with Gasteiger partial charge in [-0.2, -0.15) is 0 Å². The zero-order valence-corrected chi connectivity index (χ0v) is 13.8. The van der Waals surface area contributed by atoms with E-state index in [2.05, 4.69) is 6.92 Å². The highest BCUT2D eigenvalue weighted by Crippen LogP contribution is 2.21. The van der Waals surface area contributed by atoms with Crippen LogP contribution in [0.3, 0.4) is 0 Å². The van der Waals surface area contributed by atoms with E-state index < -0.39 is 0 Å². The third-order valence-electron chi connectivity index (χ3n) is 4.24. The van der Waals surface area contributed by atoms with Crippen LogP contribution in [0.1, 0.15) is 96.8 Å². The van der Waals surface area contributed by atoms with Gasteiger partial charge >= 0.3 is 0 Å². The fraction of sp³-hybridized carbons (Fsp3) is 1.00. The monoisotopic (exact) mass is 286 g/mol. The van der Waals surface area contributed by atoms with Crippen LogP contribution in [0, 0.1) is 5.92 Å². The summed E-state index contributed by atoms with van der Waals surface area (Å²) < 4.78 is 0. The molecule has 0 saturated heterocycles. The zero-order chi connectivity index (χ0) is 14.9. The van der Waals surface area contributed by atoms with Crippen LogP contribution in [0.2, 0.25) is 0 Å². The van der Waals surface area contributed by atoms with Crippen molar-refractivity contribution in [1.82, 2.24) is 0 Å². The summed E-state index contributed by atoms with van der Waals surface area (Å²) in [7, 11) is 0. The van der Waals surface area contributed by atoms with E-state index in [4.69, 9.17) is 10.2 Å². The lowest BCUT2D eigenvalue weighted by Crippen LogP contribution is -2.07. The molecule has 0 aromatic heterocycles.